The van der Waals surface area contributed by atoms with Gasteiger partial charge in [-0.15, -0.1) is 0 Å². The Kier molecular flexibility index (Phi) is 7.34. The summed E-state index contributed by atoms with van der Waals surface area (Å²) in [5.41, 5.74) is 2.03. The topological polar surface area (TPSA) is 57.2 Å². The van der Waals surface area contributed by atoms with E-state index in [1.165, 1.54) is 14.2 Å². The molecular formula is C21H24BrNO5. The lowest BCUT2D eigenvalue weighted by Crippen LogP contribution is -2.11. The second-order valence-electron chi connectivity index (χ2n) is 6.03. The van der Waals surface area contributed by atoms with Gasteiger partial charge in [-0.2, -0.15) is 0 Å². The van der Waals surface area contributed by atoms with E-state index in [1.54, 1.807) is 50.6 Å². The van der Waals surface area contributed by atoms with E-state index in [0.717, 1.165) is 5.69 Å². The number of rotatable bonds is 8. The number of allylic oxidation sites excluding steroid dienone is 1. The van der Waals surface area contributed by atoms with E-state index in [0.29, 0.717) is 38.6 Å². The van der Waals surface area contributed by atoms with Crippen LogP contribution in [0.4, 0.5) is 5.69 Å². The number of ketones is 1. The molecule has 0 radical (unpaired) electrons. The van der Waals surface area contributed by atoms with Crippen LogP contribution in [0, 0.1) is 0 Å². The number of benzene rings is 2. The number of carbonyl (C=O) groups is 1. The highest BCUT2D eigenvalue weighted by molar-refractivity contribution is 9.12. The number of anilines is 1. The number of hydrogen-bond donors (Lipinski definition) is 0. The molecule has 0 unspecified atom stereocenters. The molecule has 0 aliphatic heterocycles. The molecule has 0 heterocycles. The summed E-state index contributed by atoms with van der Waals surface area (Å²) in [6, 6.07) is 8.86. The van der Waals surface area contributed by atoms with Crippen molar-refractivity contribution in [1.82, 2.24) is 0 Å². The Bertz CT molecular complexity index is 893. The highest BCUT2D eigenvalue weighted by Gasteiger charge is 2.18. The first-order valence-electron chi connectivity index (χ1n) is 8.44. The minimum absolute atomic E-state index is 0.164. The zero-order valence-corrected chi connectivity index (χ0v) is 18.4. The molecule has 0 aliphatic rings. The molecule has 0 saturated heterocycles. The van der Waals surface area contributed by atoms with Crippen molar-refractivity contribution in [3.63, 3.8) is 0 Å². The Balaban J connectivity index is 2.46. The van der Waals surface area contributed by atoms with Crippen molar-refractivity contribution in [1.29, 1.82) is 0 Å². The Morgan fingerprint density at radius 3 is 2.04 bits per heavy atom. The van der Waals surface area contributed by atoms with E-state index in [2.05, 4.69) is 15.9 Å². The zero-order chi connectivity index (χ0) is 20.8. The average Bonchev–Trinajstić information content (AvgIpc) is 2.71. The first-order chi connectivity index (χ1) is 13.4. The fourth-order valence-corrected chi connectivity index (χ4v) is 3.23. The third kappa shape index (κ3) is 4.42. The lowest BCUT2D eigenvalue weighted by Gasteiger charge is -2.17. The number of nitrogens with zero attached hydrogens (tertiary/aromatic N) is 1. The fourth-order valence-electron chi connectivity index (χ4n) is 2.76. The molecule has 0 spiro atoms. The maximum atomic E-state index is 12.9. The molecule has 2 rings (SSSR count). The average molecular weight is 450 g/mol. The van der Waals surface area contributed by atoms with Gasteiger partial charge in [0.25, 0.3) is 0 Å². The molecule has 0 amide bonds. The van der Waals surface area contributed by atoms with Crippen LogP contribution < -0.4 is 23.8 Å². The number of carbonyl (C=O) groups excluding carboxylic acids is 1. The quantitative estimate of drug-likeness (QED) is 0.439. The van der Waals surface area contributed by atoms with E-state index < -0.39 is 0 Å². The number of hydrogen-bond acceptors (Lipinski definition) is 6. The zero-order valence-electron chi connectivity index (χ0n) is 16.8. The minimum atomic E-state index is -0.164. The monoisotopic (exact) mass is 449 g/mol. The maximum absolute atomic E-state index is 12.9. The summed E-state index contributed by atoms with van der Waals surface area (Å²) in [5, 5.41) is 0. The van der Waals surface area contributed by atoms with Crippen LogP contribution in [0.1, 0.15) is 15.9 Å². The van der Waals surface area contributed by atoms with Gasteiger partial charge in [-0.1, -0.05) is 0 Å². The van der Waals surface area contributed by atoms with Gasteiger partial charge >= 0.3 is 0 Å². The van der Waals surface area contributed by atoms with E-state index >= 15 is 0 Å². The molecular weight excluding hydrogens is 426 g/mol. The third-order valence-electron chi connectivity index (χ3n) is 4.16. The summed E-state index contributed by atoms with van der Waals surface area (Å²) in [6.07, 6.45) is 1.70. The second-order valence-corrected chi connectivity index (χ2v) is 6.88. The van der Waals surface area contributed by atoms with Crippen LogP contribution in [-0.2, 0) is 0 Å². The van der Waals surface area contributed by atoms with Crippen LogP contribution in [0.5, 0.6) is 23.0 Å². The predicted molar refractivity (Wildman–Crippen MR) is 115 cm³/mol. The summed E-state index contributed by atoms with van der Waals surface area (Å²) in [7, 11) is 10.0. The van der Waals surface area contributed by atoms with E-state index in [4.69, 9.17) is 18.9 Å². The predicted octanol–water partition coefficient (Wildman–Crippen LogP) is 4.41. The molecule has 0 aromatic heterocycles. The lowest BCUT2D eigenvalue weighted by molar-refractivity contribution is 0.104. The van der Waals surface area contributed by atoms with E-state index in [9.17, 15) is 4.79 Å². The molecule has 28 heavy (non-hydrogen) atoms. The van der Waals surface area contributed by atoms with Crippen molar-refractivity contribution in [3.05, 3.63) is 45.9 Å². The summed E-state index contributed by atoms with van der Waals surface area (Å²) < 4.78 is 21.9. The van der Waals surface area contributed by atoms with Crippen molar-refractivity contribution in [3.8, 4) is 23.0 Å². The van der Waals surface area contributed by atoms with Gasteiger partial charge in [0, 0.05) is 25.2 Å². The molecule has 0 bridgehead atoms. The van der Waals surface area contributed by atoms with Gasteiger partial charge in [0.15, 0.2) is 17.3 Å². The SMILES string of the molecule is COc1ccc(C(=O)C(Br)=Cc2ccc(OC)c(OC)c2OC)cc1N(C)C. The van der Waals surface area contributed by atoms with Crippen molar-refractivity contribution >= 4 is 33.5 Å². The Hall–Kier alpha value is -2.67. The summed E-state index contributed by atoms with van der Waals surface area (Å²) in [4.78, 5) is 14.8. The molecule has 6 nitrogen and oxygen atoms in total. The van der Waals surface area contributed by atoms with E-state index in [1.807, 2.05) is 19.0 Å². The van der Waals surface area contributed by atoms with Crippen LogP contribution >= 0.6 is 15.9 Å². The first kappa shape index (κ1) is 21.6. The Labute approximate surface area is 173 Å². The van der Waals surface area contributed by atoms with Crippen LogP contribution in [0.15, 0.2) is 34.8 Å². The molecule has 2 aromatic rings. The number of halogens is 1. The Morgan fingerprint density at radius 2 is 1.50 bits per heavy atom. The van der Waals surface area contributed by atoms with Crippen LogP contribution in [0.3, 0.4) is 0 Å². The van der Waals surface area contributed by atoms with Gasteiger partial charge in [0.05, 0.1) is 38.6 Å². The third-order valence-corrected chi connectivity index (χ3v) is 4.75. The van der Waals surface area contributed by atoms with Gasteiger partial charge in [0.2, 0.25) is 5.75 Å². The molecule has 150 valence electrons. The molecule has 2 aromatic carbocycles. The van der Waals surface area contributed by atoms with Crippen LogP contribution in [-0.4, -0.2) is 48.3 Å². The fraction of sp³-hybridized carbons (Fsp3) is 0.286. The second kappa shape index (κ2) is 9.50. The molecule has 0 aliphatic carbocycles. The van der Waals surface area contributed by atoms with Crippen LogP contribution in [0.25, 0.3) is 6.08 Å². The first-order valence-corrected chi connectivity index (χ1v) is 9.23. The number of methoxy groups -OCH3 is 4. The normalized spacial score (nSPS) is 11.0. The minimum Gasteiger partial charge on any atom is -0.495 e. The highest BCUT2D eigenvalue weighted by atomic mass is 79.9. The number of Topliss-reactive ketones (excluding diaryl/α,β-unsaturated/α-hetero) is 1. The van der Waals surface area contributed by atoms with Crippen molar-refractivity contribution in [2.45, 2.75) is 0 Å². The van der Waals surface area contributed by atoms with Crippen LogP contribution in [0.2, 0.25) is 0 Å². The molecule has 7 heteroatoms. The maximum Gasteiger partial charge on any atom is 0.203 e. The van der Waals surface area contributed by atoms with Gasteiger partial charge < -0.3 is 23.8 Å². The highest BCUT2D eigenvalue weighted by Crippen LogP contribution is 2.41. The standard InChI is InChI=1S/C21H24BrNO5/c1-23(2)16-12-13(7-9-17(16)25-3)19(24)15(22)11-14-8-10-18(26-4)21(28-6)20(14)27-5/h7-12H,1-6H3. The summed E-state index contributed by atoms with van der Waals surface area (Å²) in [5.74, 6) is 2.02. The Morgan fingerprint density at radius 1 is 0.893 bits per heavy atom. The summed E-state index contributed by atoms with van der Waals surface area (Å²) in [6.45, 7) is 0. The van der Waals surface area contributed by atoms with Gasteiger partial charge in [-0.05, 0) is 52.3 Å². The summed E-state index contributed by atoms with van der Waals surface area (Å²) >= 11 is 3.40. The molecule has 0 saturated carbocycles. The smallest absolute Gasteiger partial charge is 0.203 e. The van der Waals surface area contributed by atoms with Crippen molar-refractivity contribution in [2.75, 3.05) is 47.4 Å². The lowest BCUT2D eigenvalue weighted by atomic mass is 10.1. The van der Waals surface area contributed by atoms with Gasteiger partial charge in [-0.25, -0.2) is 0 Å². The van der Waals surface area contributed by atoms with E-state index in [-0.39, 0.29) is 5.78 Å². The van der Waals surface area contributed by atoms with Gasteiger partial charge in [0.1, 0.15) is 5.75 Å². The largest absolute Gasteiger partial charge is 0.495 e. The van der Waals surface area contributed by atoms with Crippen molar-refractivity contribution < 1.29 is 23.7 Å². The number of ether oxygens (including phenoxy) is 4. The molecule has 0 atom stereocenters. The molecule has 0 fully saturated rings. The van der Waals surface area contributed by atoms with Gasteiger partial charge in [-0.3, -0.25) is 4.79 Å². The van der Waals surface area contributed by atoms with Crippen molar-refractivity contribution in [2.24, 2.45) is 0 Å². The molecule has 0 N–H and O–H groups in total.